The number of hydrazone groups is 1. The number of nitrogens with zero attached hydrogens (tertiary/aromatic N) is 1. The second kappa shape index (κ2) is 9.91. The monoisotopic (exact) mass is 442 g/mol. The zero-order chi connectivity index (χ0) is 21.5. The molecule has 0 fully saturated rings. The molecule has 0 spiro atoms. The average Bonchev–Trinajstić information content (AvgIpc) is 2.75. The van der Waals surface area contributed by atoms with Gasteiger partial charge in [0.25, 0.3) is 5.91 Å². The van der Waals surface area contributed by atoms with Gasteiger partial charge in [-0.05, 0) is 60.2 Å². The quantitative estimate of drug-likeness (QED) is 0.252. The summed E-state index contributed by atoms with van der Waals surface area (Å²) in [6.07, 6.45) is 1.44. The molecule has 3 rings (SSSR count). The Labute approximate surface area is 183 Å². The van der Waals surface area contributed by atoms with Crippen LogP contribution in [0, 0.1) is 0 Å². The van der Waals surface area contributed by atoms with Gasteiger partial charge in [-0.2, -0.15) is 5.10 Å². The molecule has 0 bridgehead atoms. The van der Waals surface area contributed by atoms with Crippen LogP contribution in [0.15, 0.2) is 71.8 Å². The first-order chi connectivity index (χ1) is 14.5. The molecule has 30 heavy (non-hydrogen) atoms. The minimum Gasteiger partial charge on any atom is -0.493 e. The maximum atomic E-state index is 12.3. The Morgan fingerprint density at radius 3 is 2.40 bits per heavy atom. The lowest BCUT2D eigenvalue weighted by Crippen LogP contribution is -2.17. The second-order valence-corrected chi connectivity index (χ2v) is 6.83. The third kappa shape index (κ3) is 5.37. The molecule has 0 saturated carbocycles. The van der Waals surface area contributed by atoms with Crippen LogP contribution in [-0.2, 0) is 0 Å². The first-order valence-corrected chi connectivity index (χ1v) is 9.47. The molecule has 0 aliphatic heterocycles. The molecule has 1 amide bonds. The van der Waals surface area contributed by atoms with Crippen molar-refractivity contribution in [2.45, 2.75) is 0 Å². The fraction of sp³-hybridized carbons (Fsp3) is 0.0455. The molecule has 3 aromatic carbocycles. The van der Waals surface area contributed by atoms with Gasteiger partial charge in [0.05, 0.1) is 23.9 Å². The highest BCUT2D eigenvalue weighted by molar-refractivity contribution is 6.33. The number of carbonyl (C=O) groups excluding carboxylic acids is 2. The van der Waals surface area contributed by atoms with E-state index in [1.807, 2.05) is 0 Å². The van der Waals surface area contributed by atoms with Crippen molar-refractivity contribution in [3.8, 4) is 11.5 Å². The van der Waals surface area contributed by atoms with Crippen LogP contribution in [0.5, 0.6) is 11.5 Å². The van der Waals surface area contributed by atoms with Crippen molar-refractivity contribution in [2.75, 3.05) is 7.11 Å². The molecule has 152 valence electrons. The van der Waals surface area contributed by atoms with Crippen molar-refractivity contribution in [1.82, 2.24) is 5.43 Å². The lowest BCUT2D eigenvalue weighted by molar-refractivity contribution is 0.0729. The van der Waals surface area contributed by atoms with Gasteiger partial charge in [0.1, 0.15) is 0 Å². The van der Waals surface area contributed by atoms with Crippen LogP contribution in [0.4, 0.5) is 0 Å². The van der Waals surface area contributed by atoms with Crippen LogP contribution < -0.4 is 14.9 Å². The first-order valence-electron chi connectivity index (χ1n) is 8.71. The largest absolute Gasteiger partial charge is 0.493 e. The summed E-state index contributed by atoms with van der Waals surface area (Å²) in [7, 11) is 1.45. The van der Waals surface area contributed by atoms with E-state index in [0.29, 0.717) is 26.9 Å². The molecule has 0 heterocycles. The predicted octanol–water partition coefficient (Wildman–Crippen LogP) is 4.99. The van der Waals surface area contributed by atoms with Crippen molar-refractivity contribution in [3.63, 3.8) is 0 Å². The number of esters is 1. The molecule has 0 aliphatic rings. The SMILES string of the molecule is COc1cc(C=NNC(=O)c2ccc(Cl)cc2)ccc1OC(=O)c1ccccc1Cl. The fourth-order valence-electron chi connectivity index (χ4n) is 2.46. The predicted molar refractivity (Wildman–Crippen MR) is 116 cm³/mol. The van der Waals surface area contributed by atoms with E-state index in [1.54, 1.807) is 66.7 Å². The summed E-state index contributed by atoms with van der Waals surface area (Å²) in [6, 6.07) is 17.9. The van der Waals surface area contributed by atoms with Gasteiger partial charge in [-0.15, -0.1) is 0 Å². The van der Waals surface area contributed by atoms with Gasteiger partial charge in [0.15, 0.2) is 11.5 Å². The number of ether oxygens (including phenoxy) is 2. The highest BCUT2D eigenvalue weighted by Gasteiger charge is 2.15. The number of hydrogen-bond donors (Lipinski definition) is 1. The molecular formula is C22H16Cl2N2O4. The Kier molecular flexibility index (Phi) is 7.06. The molecule has 8 heteroatoms. The van der Waals surface area contributed by atoms with Gasteiger partial charge in [-0.1, -0.05) is 35.3 Å². The third-order valence-corrected chi connectivity index (χ3v) is 4.55. The maximum absolute atomic E-state index is 12.3. The Bertz CT molecular complexity index is 1100. The van der Waals surface area contributed by atoms with E-state index in [-0.39, 0.29) is 17.2 Å². The zero-order valence-electron chi connectivity index (χ0n) is 15.8. The molecule has 0 aliphatic carbocycles. The van der Waals surface area contributed by atoms with Crippen molar-refractivity contribution in [1.29, 1.82) is 0 Å². The first kappa shape index (κ1) is 21.4. The normalized spacial score (nSPS) is 10.6. The number of amides is 1. The molecule has 0 atom stereocenters. The van der Waals surface area contributed by atoms with Gasteiger partial charge in [0, 0.05) is 10.6 Å². The smallest absolute Gasteiger partial charge is 0.345 e. The van der Waals surface area contributed by atoms with E-state index in [0.717, 1.165) is 0 Å². The zero-order valence-corrected chi connectivity index (χ0v) is 17.3. The summed E-state index contributed by atoms with van der Waals surface area (Å²) in [5.74, 6) is -0.427. The molecule has 0 radical (unpaired) electrons. The average molecular weight is 443 g/mol. The number of halogens is 2. The van der Waals surface area contributed by atoms with Crippen molar-refractivity contribution in [2.24, 2.45) is 5.10 Å². The van der Waals surface area contributed by atoms with Crippen molar-refractivity contribution < 1.29 is 19.1 Å². The number of carbonyl (C=O) groups is 2. The van der Waals surface area contributed by atoms with Crippen LogP contribution >= 0.6 is 23.2 Å². The highest BCUT2D eigenvalue weighted by atomic mass is 35.5. The van der Waals surface area contributed by atoms with E-state index in [2.05, 4.69) is 10.5 Å². The van der Waals surface area contributed by atoms with Crippen LogP contribution in [0.1, 0.15) is 26.3 Å². The van der Waals surface area contributed by atoms with E-state index in [9.17, 15) is 9.59 Å². The number of benzene rings is 3. The summed E-state index contributed by atoms with van der Waals surface area (Å²) in [4.78, 5) is 24.4. The Morgan fingerprint density at radius 2 is 1.70 bits per heavy atom. The fourth-order valence-corrected chi connectivity index (χ4v) is 2.80. The van der Waals surface area contributed by atoms with Crippen LogP contribution in [0.25, 0.3) is 0 Å². The minimum atomic E-state index is -0.601. The van der Waals surface area contributed by atoms with Crippen molar-refractivity contribution in [3.05, 3.63) is 93.5 Å². The van der Waals surface area contributed by atoms with Crippen molar-refractivity contribution >= 4 is 41.3 Å². The highest BCUT2D eigenvalue weighted by Crippen LogP contribution is 2.29. The summed E-state index contributed by atoms with van der Waals surface area (Å²) in [5, 5.41) is 4.76. The van der Waals surface area contributed by atoms with Gasteiger partial charge >= 0.3 is 5.97 Å². The Morgan fingerprint density at radius 1 is 0.967 bits per heavy atom. The van der Waals surface area contributed by atoms with Crippen LogP contribution in [0.2, 0.25) is 10.0 Å². The van der Waals surface area contributed by atoms with Crippen LogP contribution in [0.3, 0.4) is 0 Å². The third-order valence-electron chi connectivity index (χ3n) is 3.97. The van der Waals surface area contributed by atoms with Gasteiger partial charge in [0.2, 0.25) is 0 Å². The van der Waals surface area contributed by atoms with E-state index in [4.69, 9.17) is 32.7 Å². The minimum absolute atomic E-state index is 0.227. The number of rotatable bonds is 6. The molecule has 3 aromatic rings. The topological polar surface area (TPSA) is 77.0 Å². The summed E-state index contributed by atoms with van der Waals surface area (Å²) >= 11 is 11.8. The van der Waals surface area contributed by atoms with Gasteiger partial charge in [-0.25, -0.2) is 10.2 Å². The summed E-state index contributed by atoms with van der Waals surface area (Å²) in [5.41, 5.74) is 3.73. The van der Waals surface area contributed by atoms with E-state index < -0.39 is 5.97 Å². The number of methoxy groups -OCH3 is 1. The van der Waals surface area contributed by atoms with Gasteiger partial charge < -0.3 is 9.47 Å². The second-order valence-electron chi connectivity index (χ2n) is 5.99. The van der Waals surface area contributed by atoms with E-state index in [1.165, 1.54) is 13.3 Å². The number of nitrogens with one attached hydrogen (secondary N) is 1. The lowest BCUT2D eigenvalue weighted by atomic mass is 10.2. The molecular weight excluding hydrogens is 427 g/mol. The Hall–Kier alpha value is -3.35. The maximum Gasteiger partial charge on any atom is 0.345 e. The molecule has 6 nitrogen and oxygen atoms in total. The standard InChI is InChI=1S/C22H16Cl2N2O4/c1-29-20-12-14(13-25-26-21(27)15-7-9-16(23)10-8-15)6-11-19(20)30-22(28)17-4-2-3-5-18(17)24/h2-13H,1H3,(H,26,27). The molecule has 0 aromatic heterocycles. The molecule has 0 unspecified atom stereocenters. The summed E-state index contributed by atoms with van der Waals surface area (Å²) in [6.45, 7) is 0. The van der Waals surface area contributed by atoms with Crippen LogP contribution in [-0.4, -0.2) is 25.2 Å². The summed E-state index contributed by atoms with van der Waals surface area (Å²) < 4.78 is 10.7. The van der Waals surface area contributed by atoms with E-state index >= 15 is 0 Å². The molecule has 1 N–H and O–H groups in total. The lowest BCUT2D eigenvalue weighted by Gasteiger charge is -2.10. The van der Waals surface area contributed by atoms with Gasteiger partial charge in [-0.3, -0.25) is 4.79 Å². The Balaban J connectivity index is 1.68. The molecule has 0 saturated heterocycles. The number of hydrogen-bond acceptors (Lipinski definition) is 5.